The summed E-state index contributed by atoms with van der Waals surface area (Å²) in [5.41, 5.74) is 6.66. The zero-order valence-electron chi connectivity index (χ0n) is 14.5. The summed E-state index contributed by atoms with van der Waals surface area (Å²) in [5, 5.41) is 5.01. The van der Waals surface area contributed by atoms with E-state index in [4.69, 9.17) is 5.10 Å². The van der Waals surface area contributed by atoms with Crippen molar-refractivity contribution in [3.63, 3.8) is 0 Å². The molecule has 2 nitrogen and oxygen atoms in total. The number of hydrogen-bond donors (Lipinski definition) is 0. The van der Waals surface area contributed by atoms with Crippen LogP contribution in [0.15, 0.2) is 104 Å². The Labute approximate surface area is 154 Å². The Bertz CT molecular complexity index is 1000. The van der Waals surface area contributed by atoms with Crippen LogP contribution < -0.4 is 0 Å². The zero-order valence-corrected chi connectivity index (χ0v) is 14.5. The summed E-state index contributed by atoms with van der Waals surface area (Å²) in [5.74, 6) is 0. The maximum atomic E-state index is 5.01. The first kappa shape index (κ1) is 16.1. The second-order valence-electron chi connectivity index (χ2n) is 6.15. The highest BCUT2D eigenvalue weighted by molar-refractivity contribution is 5.76. The predicted octanol–water partition coefficient (Wildman–Crippen LogP) is 5.93. The molecule has 0 atom stereocenters. The van der Waals surface area contributed by atoms with Gasteiger partial charge in [-0.1, -0.05) is 84.9 Å². The lowest BCUT2D eigenvalue weighted by molar-refractivity contribution is 0.891. The van der Waals surface area contributed by atoms with Gasteiger partial charge >= 0.3 is 0 Å². The molecule has 0 saturated carbocycles. The molecule has 1 aromatic heterocycles. The van der Waals surface area contributed by atoms with Crippen LogP contribution in [0.1, 0.15) is 5.56 Å². The second kappa shape index (κ2) is 7.24. The summed E-state index contributed by atoms with van der Waals surface area (Å²) in [6, 6.07) is 31.1. The largest absolute Gasteiger partial charge is 0.232 e. The van der Waals surface area contributed by atoms with Gasteiger partial charge in [-0.05, 0) is 18.6 Å². The van der Waals surface area contributed by atoms with Crippen LogP contribution in [0.25, 0.3) is 28.2 Å². The highest BCUT2D eigenvalue weighted by Crippen LogP contribution is 2.34. The van der Waals surface area contributed by atoms with Gasteiger partial charge in [-0.25, -0.2) is 4.68 Å². The van der Waals surface area contributed by atoms with Crippen LogP contribution in [0.3, 0.4) is 0 Å². The van der Waals surface area contributed by atoms with E-state index in [0.717, 1.165) is 34.6 Å². The van der Waals surface area contributed by atoms with Crippen LogP contribution in [-0.4, -0.2) is 9.78 Å². The number of aromatic nitrogens is 2. The minimum atomic E-state index is 0.765. The van der Waals surface area contributed by atoms with E-state index >= 15 is 0 Å². The van der Waals surface area contributed by atoms with E-state index in [2.05, 4.69) is 71.9 Å². The molecule has 2 heteroatoms. The van der Waals surface area contributed by atoms with Gasteiger partial charge in [-0.15, -0.1) is 6.58 Å². The Balaban J connectivity index is 2.03. The summed E-state index contributed by atoms with van der Waals surface area (Å²) in [4.78, 5) is 0. The van der Waals surface area contributed by atoms with E-state index in [1.807, 2.05) is 36.4 Å². The minimum Gasteiger partial charge on any atom is -0.232 e. The van der Waals surface area contributed by atoms with E-state index in [9.17, 15) is 0 Å². The molecule has 0 saturated heterocycles. The lowest BCUT2D eigenvalue weighted by Gasteiger charge is -2.09. The van der Waals surface area contributed by atoms with Crippen LogP contribution in [0.5, 0.6) is 0 Å². The first-order chi connectivity index (χ1) is 12.9. The zero-order chi connectivity index (χ0) is 17.8. The van der Waals surface area contributed by atoms with Gasteiger partial charge in [0.05, 0.1) is 17.1 Å². The third-order valence-electron chi connectivity index (χ3n) is 4.43. The number of rotatable bonds is 5. The minimum absolute atomic E-state index is 0.765. The fourth-order valence-corrected chi connectivity index (χ4v) is 3.26. The first-order valence-electron chi connectivity index (χ1n) is 8.77. The number of benzene rings is 3. The molecular weight excluding hydrogens is 316 g/mol. The van der Waals surface area contributed by atoms with E-state index in [0.29, 0.717) is 0 Å². The average molecular weight is 336 g/mol. The third-order valence-corrected chi connectivity index (χ3v) is 4.43. The van der Waals surface area contributed by atoms with Crippen molar-refractivity contribution in [1.29, 1.82) is 0 Å². The van der Waals surface area contributed by atoms with Crippen LogP contribution in [0.2, 0.25) is 0 Å². The Morgan fingerprint density at radius 3 is 1.85 bits per heavy atom. The van der Waals surface area contributed by atoms with Gasteiger partial charge in [0.25, 0.3) is 0 Å². The summed E-state index contributed by atoms with van der Waals surface area (Å²) < 4.78 is 2.05. The van der Waals surface area contributed by atoms with Crippen LogP contribution in [0.4, 0.5) is 0 Å². The lowest BCUT2D eigenvalue weighted by atomic mass is 9.99. The molecule has 0 fully saturated rings. The summed E-state index contributed by atoms with van der Waals surface area (Å²) in [7, 11) is 0. The molecule has 0 amide bonds. The summed E-state index contributed by atoms with van der Waals surface area (Å²) in [6.07, 6.45) is 2.71. The van der Waals surface area contributed by atoms with Crippen molar-refractivity contribution in [3.8, 4) is 28.2 Å². The molecule has 0 spiro atoms. The Morgan fingerprint density at radius 1 is 0.731 bits per heavy atom. The van der Waals surface area contributed by atoms with Crippen molar-refractivity contribution < 1.29 is 0 Å². The highest BCUT2D eigenvalue weighted by atomic mass is 15.3. The van der Waals surface area contributed by atoms with Crippen LogP contribution in [-0.2, 0) is 6.42 Å². The number of hydrogen-bond acceptors (Lipinski definition) is 1. The monoisotopic (exact) mass is 336 g/mol. The highest BCUT2D eigenvalue weighted by Gasteiger charge is 2.20. The fourth-order valence-electron chi connectivity index (χ4n) is 3.26. The molecule has 26 heavy (non-hydrogen) atoms. The molecule has 4 rings (SSSR count). The SMILES string of the molecule is C=CCc1c(-c2ccccc2)nn(-c2ccccc2)c1-c1ccccc1. The van der Waals surface area contributed by atoms with Gasteiger partial charge in [-0.2, -0.15) is 5.10 Å². The van der Waals surface area contributed by atoms with Gasteiger partial charge in [0.1, 0.15) is 0 Å². The Morgan fingerprint density at radius 2 is 1.27 bits per heavy atom. The quantitative estimate of drug-likeness (QED) is 0.413. The first-order valence-corrected chi connectivity index (χ1v) is 8.77. The standard InChI is InChI=1S/C24H20N2/c1-2-12-22-23(19-13-6-3-7-14-19)25-26(21-17-10-5-11-18-21)24(22)20-15-8-4-9-16-20/h2-11,13-18H,1,12H2. The molecule has 4 aromatic rings. The van der Waals surface area contributed by atoms with Gasteiger partial charge in [0.2, 0.25) is 0 Å². The molecule has 0 aliphatic carbocycles. The molecule has 0 bridgehead atoms. The lowest BCUT2D eigenvalue weighted by Crippen LogP contribution is -1.99. The molecule has 0 aliphatic heterocycles. The fraction of sp³-hybridized carbons (Fsp3) is 0.0417. The Kier molecular flexibility index (Phi) is 4.48. The molecule has 126 valence electrons. The van der Waals surface area contributed by atoms with E-state index < -0.39 is 0 Å². The van der Waals surface area contributed by atoms with E-state index in [1.165, 1.54) is 5.56 Å². The molecule has 0 aliphatic rings. The average Bonchev–Trinajstić information content (AvgIpc) is 3.10. The van der Waals surface area contributed by atoms with Crippen molar-refractivity contribution in [3.05, 3.63) is 109 Å². The van der Waals surface area contributed by atoms with Gasteiger partial charge in [0.15, 0.2) is 0 Å². The number of allylic oxidation sites excluding steroid dienone is 1. The van der Waals surface area contributed by atoms with E-state index in [1.54, 1.807) is 0 Å². The topological polar surface area (TPSA) is 17.8 Å². The van der Waals surface area contributed by atoms with Gasteiger partial charge in [-0.3, -0.25) is 0 Å². The molecule has 0 radical (unpaired) electrons. The summed E-state index contributed by atoms with van der Waals surface area (Å²) in [6.45, 7) is 3.97. The Hall–Kier alpha value is -3.39. The molecule has 0 N–H and O–H groups in total. The maximum absolute atomic E-state index is 5.01. The molecular formula is C24H20N2. The number of nitrogens with zero attached hydrogens (tertiary/aromatic N) is 2. The van der Waals surface area contributed by atoms with Crippen molar-refractivity contribution >= 4 is 0 Å². The van der Waals surface area contributed by atoms with Crippen LogP contribution in [0, 0.1) is 0 Å². The van der Waals surface area contributed by atoms with Crippen molar-refractivity contribution in [2.75, 3.05) is 0 Å². The molecule has 1 heterocycles. The predicted molar refractivity (Wildman–Crippen MR) is 108 cm³/mol. The molecule has 3 aromatic carbocycles. The summed E-state index contributed by atoms with van der Waals surface area (Å²) >= 11 is 0. The van der Waals surface area contributed by atoms with Crippen molar-refractivity contribution in [1.82, 2.24) is 9.78 Å². The smallest absolute Gasteiger partial charge is 0.0969 e. The second-order valence-corrected chi connectivity index (χ2v) is 6.15. The number of para-hydroxylation sites is 1. The molecule has 0 unspecified atom stereocenters. The van der Waals surface area contributed by atoms with Crippen molar-refractivity contribution in [2.24, 2.45) is 0 Å². The van der Waals surface area contributed by atoms with E-state index in [-0.39, 0.29) is 0 Å². The van der Waals surface area contributed by atoms with Gasteiger partial charge in [0, 0.05) is 16.7 Å². The third kappa shape index (κ3) is 2.98. The maximum Gasteiger partial charge on any atom is 0.0969 e. The van der Waals surface area contributed by atoms with Crippen molar-refractivity contribution in [2.45, 2.75) is 6.42 Å². The normalized spacial score (nSPS) is 10.6. The van der Waals surface area contributed by atoms with Crippen LogP contribution >= 0.6 is 0 Å². The van der Waals surface area contributed by atoms with Gasteiger partial charge < -0.3 is 0 Å².